The van der Waals surface area contributed by atoms with E-state index in [1.165, 1.54) is 12.1 Å². The predicted octanol–water partition coefficient (Wildman–Crippen LogP) is 1.84. The van der Waals surface area contributed by atoms with Crippen molar-refractivity contribution >= 4 is 10.0 Å². The summed E-state index contributed by atoms with van der Waals surface area (Å²) in [5.41, 5.74) is 2.03. The maximum atomic E-state index is 13.2. The van der Waals surface area contributed by atoms with Crippen LogP contribution in [0.25, 0.3) is 0 Å². The Labute approximate surface area is 157 Å². The number of nitrogens with zero attached hydrogens (tertiary/aromatic N) is 2. The first-order chi connectivity index (χ1) is 12.8. The van der Waals surface area contributed by atoms with Crippen molar-refractivity contribution in [1.29, 1.82) is 5.26 Å². The molecule has 0 aliphatic carbocycles. The maximum Gasteiger partial charge on any atom is 0.212 e. The fraction of sp³-hybridized carbons (Fsp3) is 0.250. The highest BCUT2D eigenvalue weighted by molar-refractivity contribution is 7.88. The molecule has 2 aromatic carbocycles. The Hall–Kier alpha value is -2.71. The van der Waals surface area contributed by atoms with Crippen molar-refractivity contribution in [2.45, 2.75) is 18.0 Å². The summed E-state index contributed by atoms with van der Waals surface area (Å²) in [5, 5.41) is 18.9. The van der Waals surface area contributed by atoms with Crippen LogP contribution in [-0.4, -0.2) is 42.8 Å². The smallest absolute Gasteiger partial charge is 0.212 e. The van der Waals surface area contributed by atoms with Crippen LogP contribution >= 0.6 is 0 Å². The Bertz CT molecular complexity index is 1050. The molecule has 2 aromatic rings. The normalized spacial score (nSPS) is 22.2. The molecule has 3 rings (SSSR count). The van der Waals surface area contributed by atoms with Crippen molar-refractivity contribution < 1.29 is 17.9 Å². The van der Waals surface area contributed by atoms with Crippen LogP contribution in [0.1, 0.15) is 22.6 Å². The standard InChI is InChI=1S/C20H17FN2O3S/c1-27(25,26)23-18(12-22)20(19(23)13-24)16-9-7-14(8-10-16)5-6-15-3-2-4-17(21)11-15/h2-4,7-11,18-20,24H,13H2,1H3/t18-,19-,20+/m0/s1. The number of sulfonamides is 1. The zero-order chi connectivity index (χ0) is 19.6. The third kappa shape index (κ3) is 3.86. The fourth-order valence-corrected chi connectivity index (χ4v) is 4.60. The maximum absolute atomic E-state index is 13.2. The van der Waals surface area contributed by atoms with Gasteiger partial charge in [0.05, 0.1) is 25.0 Å². The number of benzene rings is 2. The van der Waals surface area contributed by atoms with Gasteiger partial charge in [-0.25, -0.2) is 12.8 Å². The highest BCUT2D eigenvalue weighted by Gasteiger charge is 2.53. The molecule has 1 fully saturated rings. The summed E-state index contributed by atoms with van der Waals surface area (Å²) in [7, 11) is -3.58. The number of aliphatic hydroxyl groups excluding tert-OH is 1. The average molecular weight is 384 g/mol. The van der Waals surface area contributed by atoms with Crippen LogP contribution < -0.4 is 0 Å². The number of hydrogen-bond acceptors (Lipinski definition) is 4. The molecule has 0 spiro atoms. The first-order valence-corrected chi connectivity index (χ1v) is 10.1. The lowest BCUT2D eigenvalue weighted by Gasteiger charge is -2.49. The molecule has 0 unspecified atom stereocenters. The van der Waals surface area contributed by atoms with E-state index in [1.54, 1.807) is 36.4 Å². The molecule has 1 heterocycles. The summed E-state index contributed by atoms with van der Waals surface area (Å²) in [6.07, 6.45) is 1.03. The van der Waals surface area contributed by atoms with Gasteiger partial charge in [-0.3, -0.25) is 0 Å². The molecule has 1 aliphatic heterocycles. The third-order valence-electron chi connectivity index (χ3n) is 4.53. The molecule has 0 radical (unpaired) electrons. The van der Waals surface area contributed by atoms with E-state index in [9.17, 15) is 23.2 Å². The first kappa shape index (κ1) is 19.1. The number of aliphatic hydroxyl groups is 1. The second-order valence-corrected chi connectivity index (χ2v) is 8.21. The molecule has 7 heteroatoms. The molecule has 138 valence electrons. The van der Waals surface area contributed by atoms with Crippen molar-refractivity contribution in [1.82, 2.24) is 4.31 Å². The van der Waals surface area contributed by atoms with Gasteiger partial charge in [0.1, 0.15) is 11.9 Å². The van der Waals surface area contributed by atoms with E-state index in [0.717, 1.165) is 16.1 Å². The van der Waals surface area contributed by atoms with Crippen LogP contribution in [0.5, 0.6) is 0 Å². The van der Waals surface area contributed by atoms with E-state index >= 15 is 0 Å². The van der Waals surface area contributed by atoms with Gasteiger partial charge in [-0.1, -0.05) is 30.0 Å². The van der Waals surface area contributed by atoms with Crippen LogP contribution in [0.3, 0.4) is 0 Å². The van der Waals surface area contributed by atoms with E-state index in [0.29, 0.717) is 11.1 Å². The van der Waals surface area contributed by atoms with Crippen LogP contribution in [0.2, 0.25) is 0 Å². The molecule has 3 atom stereocenters. The quantitative estimate of drug-likeness (QED) is 0.819. The molecule has 1 N–H and O–H groups in total. The highest BCUT2D eigenvalue weighted by Crippen LogP contribution is 2.41. The predicted molar refractivity (Wildman–Crippen MR) is 98.5 cm³/mol. The Kier molecular flexibility index (Phi) is 5.29. The van der Waals surface area contributed by atoms with Crippen molar-refractivity contribution in [3.05, 3.63) is 71.0 Å². The molecule has 0 amide bonds. The Balaban J connectivity index is 1.83. The average Bonchev–Trinajstić information content (AvgIpc) is 2.60. The van der Waals surface area contributed by atoms with Crippen LogP contribution in [0.15, 0.2) is 48.5 Å². The molecule has 27 heavy (non-hydrogen) atoms. The van der Waals surface area contributed by atoms with Gasteiger partial charge in [0, 0.05) is 17.0 Å². The van der Waals surface area contributed by atoms with Gasteiger partial charge in [0.25, 0.3) is 0 Å². The summed E-state index contributed by atoms with van der Waals surface area (Å²) in [6.45, 7) is -0.364. The lowest BCUT2D eigenvalue weighted by molar-refractivity contribution is 0.0564. The summed E-state index contributed by atoms with van der Waals surface area (Å²) in [5.74, 6) is 5.06. The topological polar surface area (TPSA) is 81.4 Å². The second-order valence-electron chi connectivity index (χ2n) is 6.32. The van der Waals surface area contributed by atoms with Crippen molar-refractivity contribution in [3.63, 3.8) is 0 Å². The summed E-state index contributed by atoms with van der Waals surface area (Å²) >= 11 is 0. The van der Waals surface area contributed by atoms with Crippen molar-refractivity contribution in [2.24, 2.45) is 0 Å². The minimum Gasteiger partial charge on any atom is -0.395 e. The number of hydrogen-bond donors (Lipinski definition) is 1. The van der Waals surface area contributed by atoms with Crippen LogP contribution in [-0.2, 0) is 10.0 Å². The largest absolute Gasteiger partial charge is 0.395 e. The first-order valence-electron chi connectivity index (χ1n) is 8.21. The zero-order valence-corrected chi connectivity index (χ0v) is 15.3. The molecule has 0 bridgehead atoms. The van der Waals surface area contributed by atoms with Gasteiger partial charge < -0.3 is 5.11 Å². The molecule has 1 aliphatic rings. The van der Waals surface area contributed by atoms with Crippen molar-refractivity contribution in [2.75, 3.05) is 12.9 Å². The molecule has 0 saturated carbocycles. The van der Waals surface area contributed by atoms with Gasteiger partial charge in [-0.2, -0.15) is 9.57 Å². The van der Waals surface area contributed by atoms with E-state index in [-0.39, 0.29) is 12.4 Å². The SMILES string of the molecule is CS(=O)(=O)N1[C@@H](C#N)[C@@H](c2ccc(C#Cc3cccc(F)c3)cc2)[C@@H]1CO. The fourth-order valence-electron chi connectivity index (χ4n) is 3.32. The Morgan fingerprint density at radius 3 is 2.37 bits per heavy atom. The lowest BCUT2D eigenvalue weighted by atomic mass is 9.78. The summed E-state index contributed by atoms with van der Waals surface area (Å²) in [6, 6.07) is 13.6. The summed E-state index contributed by atoms with van der Waals surface area (Å²) < 4.78 is 37.9. The second kappa shape index (κ2) is 7.50. The van der Waals surface area contributed by atoms with E-state index in [1.807, 2.05) is 6.07 Å². The number of halogens is 1. The van der Waals surface area contributed by atoms with Gasteiger partial charge in [0.2, 0.25) is 10.0 Å². The monoisotopic (exact) mass is 384 g/mol. The van der Waals surface area contributed by atoms with Crippen LogP contribution in [0, 0.1) is 29.0 Å². The van der Waals surface area contributed by atoms with E-state index in [2.05, 4.69) is 11.8 Å². The van der Waals surface area contributed by atoms with Gasteiger partial charge in [0.15, 0.2) is 0 Å². The molecule has 0 aromatic heterocycles. The molecular formula is C20H17FN2O3S. The minimum atomic E-state index is -3.58. The lowest BCUT2D eigenvalue weighted by Crippen LogP contribution is -2.64. The number of nitriles is 1. The Morgan fingerprint density at radius 1 is 1.15 bits per heavy atom. The minimum absolute atomic E-state index is 0.352. The van der Waals surface area contributed by atoms with Gasteiger partial charge >= 0.3 is 0 Å². The molecule has 1 saturated heterocycles. The number of rotatable bonds is 3. The van der Waals surface area contributed by atoms with E-state index < -0.39 is 28.0 Å². The van der Waals surface area contributed by atoms with Crippen molar-refractivity contribution in [3.8, 4) is 17.9 Å². The zero-order valence-electron chi connectivity index (χ0n) is 14.5. The van der Waals surface area contributed by atoms with Gasteiger partial charge in [-0.15, -0.1) is 0 Å². The van der Waals surface area contributed by atoms with Crippen LogP contribution in [0.4, 0.5) is 4.39 Å². The summed E-state index contributed by atoms with van der Waals surface area (Å²) in [4.78, 5) is 0. The molecule has 5 nitrogen and oxygen atoms in total. The van der Waals surface area contributed by atoms with Gasteiger partial charge in [-0.05, 0) is 35.9 Å². The highest BCUT2D eigenvalue weighted by atomic mass is 32.2. The third-order valence-corrected chi connectivity index (χ3v) is 5.79. The molecular weight excluding hydrogens is 367 g/mol. The van der Waals surface area contributed by atoms with E-state index in [4.69, 9.17) is 0 Å². The Morgan fingerprint density at radius 2 is 1.81 bits per heavy atom.